The Morgan fingerprint density at radius 3 is 2.72 bits per heavy atom. The second-order valence-corrected chi connectivity index (χ2v) is 4.08. The summed E-state index contributed by atoms with van der Waals surface area (Å²) in [5.74, 6) is 0.0994. The number of hydrogen-bond acceptors (Lipinski definition) is 4. The number of ether oxygens (including phenoxy) is 1. The third-order valence-electron chi connectivity index (χ3n) is 2.31. The van der Waals surface area contributed by atoms with E-state index in [9.17, 15) is 4.79 Å². The summed E-state index contributed by atoms with van der Waals surface area (Å²) in [5, 5.41) is 0.442. The number of alkyl halides is 1. The standard InChI is InChI=1S/C13H12BrNO3/c1-2-17-13(16)11-10(8-14)15-12(18-11)9-6-4-3-5-7-9/h3-7H,2,8H2,1H3. The Kier molecular flexibility index (Phi) is 4.15. The molecule has 0 unspecified atom stereocenters. The van der Waals surface area contributed by atoms with Gasteiger partial charge in [-0.05, 0) is 19.1 Å². The van der Waals surface area contributed by atoms with E-state index in [1.807, 2.05) is 30.3 Å². The van der Waals surface area contributed by atoms with E-state index in [4.69, 9.17) is 9.15 Å². The van der Waals surface area contributed by atoms with E-state index in [0.717, 1.165) is 5.56 Å². The van der Waals surface area contributed by atoms with Gasteiger partial charge in [0, 0.05) is 10.9 Å². The van der Waals surface area contributed by atoms with Gasteiger partial charge in [0.2, 0.25) is 11.7 Å². The van der Waals surface area contributed by atoms with Gasteiger partial charge in [0.25, 0.3) is 0 Å². The molecule has 1 heterocycles. The van der Waals surface area contributed by atoms with Crippen LogP contribution in [0.5, 0.6) is 0 Å². The highest BCUT2D eigenvalue weighted by Crippen LogP contribution is 2.23. The minimum absolute atomic E-state index is 0.160. The van der Waals surface area contributed by atoms with Gasteiger partial charge in [-0.2, -0.15) is 0 Å². The quantitative estimate of drug-likeness (QED) is 0.641. The molecule has 0 fully saturated rings. The Hall–Kier alpha value is -1.62. The Bertz CT molecular complexity index is 536. The number of carbonyl (C=O) groups is 1. The molecule has 2 rings (SSSR count). The van der Waals surface area contributed by atoms with Crippen LogP contribution in [-0.4, -0.2) is 17.6 Å². The third-order valence-corrected chi connectivity index (χ3v) is 2.84. The van der Waals surface area contributed by atoms with Gasteiger partial charge in [0.15, 0.2) is 0 Å². The summed E-state index contributed by atoms with van der Waals surface area (Å²) < 4.78 is 10.4. The monoisotopic (exact) mass is 309 g/mol. The number of oxazole rings is 1. The number of aromatic nitrogens is 1. The molecule has 5 heteroatoms. The number of hydrogen-bond donors (Lipinski definition) is 0. The van der Waals surface area contributed by atoms with Crippen LogP contribution in [0.25, 0.3) is 11.5 Å². The van der Waals surface area contributed by atoms with Crippen molar-refractivity contribution < 1.29 is 13.9 Å². The zero-order chi connectivity index (χ0) is 13.0. The molecule has 0 N–H and O–H groups in total. The molecule has 0 spiro atoms. The maximum absolute atomic E-state index is 11.7. The first-order valence-corrected chi connectivity index (χ1v) is 6.66. The predicted molar refractivity (Wildman–Crippen MR) is 70.5 cm³/mol. The third kappa shape index (κ3) is 2.61. The number of halogens is 1. The average Bonchev–Trinajstić information content (AvgIpc) is 2.84. The van der Waals surface area contributed by atoms with Gasteiger partial charge in [-0.15, -0.1) is 0 Å². The summed E-state index contributed by atoms with van der Waals surface area (Å²) in [6.45, 7) is 2.06. The van der Waals surface area contributed by atoms with E-state index in [1.54, 1.807) is 6.92 Å². The molecular weight excluding hydrogens is 298 g/mol. The van der Waals surface area contributed by atoms with Crippen LogP contribution in [0.1, 0.15) is 23.2 Å². The number of rotatable bonds is 4. The molecule has 94 valence electrons. The molecule has 0 aliphatic heterocycles. The van der Waals surface area contributed by atoms with Crippen LogP contribution in [0.15, 0.2) is 34.7 Å². The Morgan fingerprint density at radius 2 is 2.11 bits per heavy atom. The SMILES string of the molecule is CCOC(=O)c1oc(-c2ccccc2)nc1CBr. The second-order valence-electron chi connectivity index (χ2n) is 3.51. The lowest BCUT2D eigenvalue weighted by molar-refractivity contribution is 0.0490. The van der Waals surface area contributed by atoms with Crippen LogP contribution in [-0.2, 0) is 10.1 Å². The molecule has 0 aliphatic rings. The molecule has 0 radical (unpaired) electrons. The first kappa shape index (κ1) is 12.8. The number of benzene rings is 1. The normalized spacial score (nSPS) is 10.3. The van der Waals surface area contributed by atoms with Crippen LogP contribution in [0.4, 0.5) is 0 Å². The van der Waals surface area contributed by atoms with Crippen molar-refractivity contribution in [2.24, 2.45) is 0 Å². The van der Waals surface area contributed by atoms with E-state index in [0.29, 0.717) is 23.5 Å². The Morgan fingerprint density at radius 1 is 1.39 bits per heavy atom. The second kappa shape index (κ2) is 5.82. The van der Waals surface area contributed by atoms with Gasteiger partial charge in [0.05, 0.1) is 6.61 Å². The van der Waals surface area contributed by atoms with Crippen molar-refractivity contribution in [3.05, 3.63) is 41.8 Å². The fourth-order valence-electron chi connectivity index (χ4n) is 1.50. The first-order valence-electron chi connectivity index (χ1n) is 5.54. The summed E-state index contributed by atoms with van der Waals surface area (Å²) in [7, 11) is 0. The fraction of sp³-hybridized carbons (Fsp3) is 0.231. The molecule has 0 saturated carbocycles. The van der Waals surface area contributed by atoms with Crippen LogP contribution in [0.3, 0.4) is 0 Å². The van der Waals surface area contributed by atoms with Crippen LogP contribution < -0.4 is 0 Å². The van der Waals surface area contributed by atoms with Gasteiger partial charge in [-0.3, -0.25) is 0 Å². The Balaban J connectivity index is 2.38. The highest BCUT2D eigenvalue weighted by atomic mass is 79.9. The summed E-state index contributed by atoms with van der Waals surface area (Å²) in [6.07, 6.45) is 0. The highest BCUT2D eigenvalue weighted by Gasteiger charge is 2.21. The summed E-state index contributed by atoms with van der Waals surface area (Å²) in [4.78, 5) is 16.0. The van der Waals surface area contributed by atoms with Crippen molar-refractivity contribution in [3.8, 4) is 11.5 Å². The number of carbonyl (C=O) groups excluding carboxylic acids is 1. The van der Waals surface area contributed by atoms with Crippen LogP contribution in [0.2, 0.25) is 0 Å². The lowest BCUT2D eigenvalue weighted by Gasteiger charge is -1.98. The van der Waals surface area contributed by atoms with Crippen molar-refractivity contribution in [3.63, 3.8) is 0 Å². The molecule has 2 aromatic rings. The van der Waals surface area contributed by atoms with Gasteiger partial charge in [-0.25, -0.2) is 9.78 Å². The predicted octanol–water partition coefficient (Wildman–Crippen LogP) is 3.41. The molecule has 4 nitrogen and oxygen atoms in total. The molecule has 0 bridgehead atoms. The summed E-state index contributed by atoms with van der Waals surface area (Å²) in [6, 6.07) is 9.43. The molecule has 0 atom stereocenters. The van der Waals surface area contributed by atoms with E-state index < -0.39 is 5.97 Å². The lowest BCUT2D eigenvalue weighted by Crippen LogP contribution is -2.05. The van der Waals surface area contributed by atoms with E-state index in [1.165, 1.54) is 0 Å². The largest absolute Gasteiger partial charge is 0.460 e. The molecule has 0 saturated heterocycles. The molecule has 0 aliphatic carbocycles. The van der Waals surface area contributed by atoms with Crippen molar-refractivity contribution in [1.82, 2.24) is 4.98 Å². The number of nitrogens with zero attached hydrogens (tertiary/aromatic N) is 1. The summed E-state index contributed by atoms with van der Waals surface area (Å²) >= 11 is 3.28. The van der Waals surface area contributed by atoms with Crippen LogP contribution in [0, 0.1) is 0 Å². The van der Waals surface area contributed by atoms with Gasteiger partial charge in [-0.1, -0.05) is 34.1 Å². The van der Waals surface area contributed by atoms with Gasteiger partial charge in [0.1, 0.15) is 5.69 Å². The summed E-state index contributed by atoms with van der Waals surface area (Å²) in [5.41, 5.74) is 1.38. The maximum Gasteiger partial charge on any atom is 0.376 e. The molecule has 1 aromatic carbocycles. The van der Waals surface area contributed by atoms with E-state index in [-0.39, 0.29) is 5.76 Å². The van der Waals surface area contributed by atoms with E-state index >= 15 is 0 Å². The van der Waals surface area contributed by atoms with Crippen molar-refractivity contribution >= 4 is 21.9 Å². The Labute approximate surface area is 113 Å². The molecular formula is C13H12BrNO3. The first-order chi connectivity index (χ1) is 8.76. The zero-order valence-electron chi connectivity index (χ0n) is 9.85. The van der Waals surface area contributed by atoms with Crippen molar-refractivity contribution in [2.45, 2.75) is 12.3 Å². The highest BCUT2D eigenvalue weighted by molar-refractivity contribution is 9.08. The zero-order valence-corrected chi connectivity index (χ0v) is 11.4. The minimum atomic E-state index is -0.485. The number of esters is 1. The van der Waals surface area contributed by atoms with Gasteiger partial charge >= 0.3 is 5.97 Å². The average molecular weight is 310 g/mol. The van der Waals surface area contributed by atoms with Crippen LogP contribution >= 0.6 is 15.9 Å². The molecule has 1 aromatic heterocycles. The smallest absolute Gasteiger partial charge is 0.376 e. The van der Waals surface area contributed by atoms with E-state index in [2.05, 4.69) is 20.9 Å². The minimum Gasteiger partial charge on any atom is -0.460 e. The van der Waals surface area contributed by atoms with Crippen molar-refractivity contribution in [2.75, 3.05) is 6.61 Å². The topological polar surface area (TPSA) is 52.3 Å². The lowest BCUT2D eigenvalue weighted by atomic mass is 10.2. The molecule has 18 heavy (non-hydrogen) atoms. The maximum atomic E-state index is 11.7. The van der Waals surface area contributed by atoms with Gasteiger partial charge < -0.3 is 9.15 Å². The van der Waals surface area contributed by atoms with Crippen molar-refractivity contribution in [1.29, 1.82) is 0 Å². The molecule has 0 amide bonds. The fourth-order valence-corrected chi connectivity index (χ4v) is 1.88.